The highest BCUT2D eigenvalue weighted by molar-refractivity contribution is 5.81. The fourth-order valence-electron chi connectivity index (χ4n) is 2.98. The molecule has 108 valence electrons. The van der Waals surface area contributed by atoms with Crippen LogP contribution in [0.15, 0.2) is 0 Å². The molecule has 2 fully saturated rings. The van der Waals surface area contributed by atoms with E-state index in [2.05, 4.69) is 0 Å². The summed E-state index contributed by atoms with van der Waals surface area (Å²) < 4.78 is 5.63. The Balaban J connectivity index is 1.87. The number of piperidine rings is 1. The van der Waals surface area contributed by atoms with E-state index in [9.17, 15) is 9.59 Å². The molecule has 6 heteroatoms. The normalized spacial score (nSPS) is 31.4. The van der Waals surface area contributed by atoms with Crippen molar-refractivity contribution in [3.63, 3.8) is 0 Å². The lowest BCUT2D eigenvalue weighted by molar-refractivity contribution is -0.145. The molecule has 2 aliphatic rings. The molecular formula is C13H23N3O3. The lowest BCUT2D eigenvalue weighted by Crippen LogP contribution is -2.45. The minimum absolute atomic E-state index is 0.0140. The second-order valence-corrected chi connectivity index (χ2v) is 5.52. The van der Waals surface area contributed by atoms with E-state index in [-0.39, 0.29) is 29.9 Å². The number of nitrogens with zero attached hydrogens (tertiary/aromatic N) is 1. The maximum absolute atomic E-state index is 12.3. The Bertz CT molecular complexity index is 348. The van der Waals surface area contributed by atoms with Crippen LogP contribution in [-0.2, 0) is 14.3 Å². The summed E-state index contributed by atoms with van der Waals surface area (Å²) >= 11 is 0. The van der Waals surface area contributed by atoms with E-state index in [4.69, 9.17) is 16.2 Å². The molecule has 2 amide bonds. The molecule has 0 aromatic heterocycles. The molecule has 2 aliphatic heterocycles. The second kappa shape index (κ2) is 6.34. The first-order valence-corrected chi connectivity index (χ1v) is 7.02. The van der Waals surface area contributed by atoms with E-state index in [0.717, 1.165) is 32.2 Å². The molecule has 0 saturated carbocycles. The van der Waals surface area contributed by atoms with Gasteiger partial charge in [-0.05, 0) is 31.6 Å². The first-order chi connectivity index (χ1) is 9.10. The standard InChI is InChI=1S/C13H23N3O3/c14-7-10-3-4-11(19-10)13(18)16-5-1-2-9(8-16)6-12(15)17/h9-11H,1-8,14H2,(H2,15,17)/t9?,10-,11+/m1/s1. The quantitative estimate of drug-likeness (QED) is 0.726. The zero-order valence-electron chi connectivity index (χ0n) is 11.2. The average Bonchev–Trinajstić information content (AvgIpc) is 2.86. The van der Waals surface area contributed by atoms with Gasteiger partial charge in [0.15, 0.2) is 0 Å². The van der Waals surface area contributed by atoms with Crippen molar-refractivity contribution in [1.82, 2.24) is 4.90 Å². The topological polar surface area (TPSA) is 98.7 Å². The predicted molar refractivity (Wildman–Crippen MR) is 70.1 cm³/mol. The fourth-order valence-corrected chi connectivity index (χ4v) is 2.98. The highest BCUT2D eigenvalue weighted by Gasteiger charge is 2.34. The number of carbonyl (C=O) groups excluding carboxylic acids is 2. The van der Waals surface area contributed by atoms with Crippen LogP contribution in [0.1, 0.15) is 32.1 Å². The molecule has 19 heavy (non-hydrogen) atoms. The molecule has 0 aromatic rings. The van der Waals surface area contributed by atoms with Crippen molar-refractivity contribution < 1.29 is 14.3 Å². The highest BCUT2D eigenvalue weighted by Crippen LogP contribution is 2.24. The van der Waals surface area contributed by atoms with Crippen LogP contribution in [0, 0.1) is 5.92 Å². The third-order valence-corrected chi connectivity index (χ3v) is 3.97. The number of hydrogen-bond donors (Lipinski definition) is 2. The number of rotatable bonds is 4. The van der Waals surface area contributed by atoms with Crippen molar-refractivity contribution in [2.24, 2.45) is 17.4 Å². The van der Waals surface area contributed by atoms with Gasteiger partial charge in [-0.1, -0.05) is 0 Å². The van der Waals surface area contributed by atoms with Gasteiger partial charge in [0.05, 0.1) is 6.10 Å². The minimum atomic E-state index is -0.346. The van der Waals surface area contributed by atoms with E-state index in [1.54, 1.807) is 0 Å². The molecule has 0 spiro atoms. The summed E-state index contributed by atoms with van der Waals surface area (Å²) in [6.45, 7) is 1.84. The number of carbonyl (C=O) groups is 2. The van der Waals surface area contributed by atoms with Crippen molar-refractivity contribution in [3.8, 4) is 0 Å². The van der Waals surface area contributed by atoms with Crippen molar-refractivity contribution >= 4 is 11.8 Å². The number of likely N-dealkylation sites (tertiary alicyclic amines) is 1. The molecule has 3 atom stereocenters. The predicted octanol–water partition coefficient (Wildman–Crippen LogP) is -0.393. The van der Waals surface area contributed by atoms with Crippen molar-refractivity contribution in [2.75, 3.05) is 19.6 Å². The van der Waals surface area contributed by atoms with Crippen molar-refractivity contribution in [3.05, 3.63) is 0 Å². The van der Waals surface area contributed by atoms with Gasteiger partial charge in [-0.15, -0.1) is 0 Å². The Kier molecular flexibility index (Phi) is 4.76. The molecule has 6 nitrogen and oxygen atoms in total. The molecule has 2 saturated heterocycles. The van der Waals surface area contributed by atoms with Crippen LogP contribution >= 0.6 is 0 Å². The molecule has 0 aromatic carbocycles. The highest BCUT2D eigenvalue weighted by atomic mass is 16.5. The summed E-state index contributed by atoms with van der Waals surface area (Å²) in [6, 6.07) is 0. The monoisotopic (exact) mass is 269 g/mol. The zero-order chi connectivity index (χ0) is 13.8. The van der Waals surface area contributed by atoms with Crippen LogP contribution in [0.4, 0.5) is 0 Å². The summed E-state index contributed by atoms with van der Waals surface area (Å²) in [5.74, 6) is -0.0494. The lowest BCUT2D eigenvalue weighted by atomic mass is 9.94. The van der Waals surface area contributed by atoms with Crippen molar-refractivity contribution in [1.29, 1.82) is 0 Å². The Labute approximate surface area is 113 Å². The first kappa shape index (κ1) is 14.3. The number of hydrogen-bond acceptors (Lipinski definition) is 4. The van der Waals surface area contributed by atoms with E-state index in [1.165, 1.54) is 0 Å². The van der Waals surface area contributed by atoms with Gasteiger partial charge in [0.2, 0.25) is 5.91 Å². The fraction of sp³-hybridized carbons (Fsp3) is 0.846. The number of ether oxygens (including phenoxy) is 1. The van der Waals surface area contributed by atoms with Crippen LogP contribution < -0.4 is 11.5 Å². The first-order valence-electron chi connectivity index (χ1n) is 7.02. The molecule has 2 heterocycles. The van der Waals surface area contributed by atoms with Crippen LogP contribution in [0.5, 0.6) is 0 Å². The largest absolute Gasteiger partial charge is 0.370 e. The minimum Gasteiger partial charge on any atom is -0.370 e. The van der Waals surface area contributed by atoms with Gasteiger partial charge in [-0.3, -0.25) is 9.59 Å². The van der Waals surface area contributed by atoms with Gasteiger partial charge in [-0.25, -0.2) is 0 Å². The van der Waals surface area contributed by atoms with Gasteiger partial charge >= 0.3 is 0 Å². The molecule has 0 bridgehead atoms. The zero-order valence-corrected chi connectivity index (χ0v) is 11.2. The molecule has 2 rings (SSSR count). The Morgan fingerprint density at radius 1 is 1.26 bits per heavy atom. The van der Waals surface area contributed by atoms with Gasteiger partial charge in [0.25, 0.3) is 5.91 Å². The van der Waals surface area contributed by atoms with Gasteiger partial charge in [0, 0.05) is 26.1 Å². The van der Waals surface area contributed by atoms with Crippen LogP contribution in [0.2, 0.25) is 0 Å². The SMILES string of the molecule is NC[C@H]1CC[C@@H](C(=O)N2CCCC(CC(N)=O)C2)O1. The van der Waals surface area contributed by atoms with E-state index < -0.39 is 0 Å². The van der Waals surface area contributed by atoms with E-state index in [1.807, 2.05) is 4.90 Å². The maximum atomic E-state index is 12.3. The number of amides is 2. The summed E-state index contributed by atoms with van der Waals surface area (Å²) in [6.07, 6.45) is 3.52. The number of nitrogens with two attached hydrogens (primary N) is 2. The smallest absolute Gasteiger partial charge is 0.251 e. The molecule has 4 N–H and O–H groups in total. The van der Waals surface area contributed by atoms with Crippen LogP contribution in [-0.4, -0.2) is 48.6 Å². The molecule has 1 unspecified atom stereocenters. The summed E-state index contributed by atoms with van der Waals surface area (Å²) in [4.78, 5) is 25.1. The van der Waals surface area contributed by atoms with Crippen LogP contribution in [0.3, 0.4) is 0 Å². The second-order valence-electron chi connectivity index (χ2n) is 5.52. The van der Waals surface area contributed by atoms with Gasteiger partial charge < -0.3 is 21.1 Å². The lowest BCUT2D eigenvalue weighted by Gasteiger charge is -2.33. The summed E-state index contributed by atoms with van der Waals surface area (Å²) in [5.41, 5.74) is 10.8. The Morgan fingerprint density at radius 3 is 2.68 bits per heavy atom. The number of primary amides is 1. The van der Waals surface area contributed by atoms with E-state index >= 15 is 0 Å². The van der Waals surface area contributed by atoms with Gasteiger partial charge in [-0.2, -0.15) is 0 Å². The van der Waals surface area contributed by atoms with Crippen LogP contribution in [0.25, 0.3) is 0 Å². The third-order valence-electron chi connectivity index (χ3n) is 3.97. The van der Waals surface area contributed by atoms with Crippen molar-refractivity contribution in [2.45, 2.75) is 44.3 Å². The summed E-state index contributed by atoms with van der Waals surface area (Å²) in [5, 5.41) is 0. The Morgan fingerprint density at radius 2 is 2.05 bits per heavy atom. The Hall–Kier alpha value is -1.14. The van der Waals surface area contributed by atoms with Gasteiger partial charge in [0.1, 0.15) is 6.10 Å². The summed E-state index contributed by atoms with van der Waals surface area (Å²) in [7, 11) is 0. The third kappa shape index (κ3) is 3.67. The molecular weight excluding hydrogens is 246 g/mol. The average molecular weight is 269 g/mol. The molecule has 0 radical (unpaired) electrons. The maximum Gasteiger partial charge on any atom is 0.251 e. The molecule has 0 aliphatic carbocycles. The van der Waals surface area contributed by atoms with E-state index in [0.29, 0.717) is 19.5 Å².